The first-order valence-electron chi connectivity index (χ1n) is 18.5. The highest BCUT2D eigenvalue weighted by Crippen LogP contribution is 2.37. The highest BCUT2D eigenvalue weighted by molar-refractivity contribution is 7.99. The lowest BCUT2D eigenvalue weighted by atomic mass is 10.0. The fourth-order valence-corrected chi connectivity index (χ4v) is 8.76. The number of anilines is 2. The van der Waals surface area contributed by atoms with Crippen LogP contribution in [0.3, 0.4) is 0 Å². The van der Waals surface area contributed by atoms with Gasteiger partial charge in [0.15, 0.2) is 0 Å². The quantitative estimate of drug-likeness (QED) is 0.161. The van der Waals surface area contributed by atoms with Crippen LogP contribution in [-0.4, -0.2) is 48.1 Å². The second kappa shape index (κ2) is 15.1. The zero-order valence-corrected chi connectivity index (χ0v) is 33.2. The van der Waals surface area contributed by atoms with Crippen molar-refractivity contribution in [3.05, 3.63) is 156 Å². The molecule has 8 bridgehead atoms. The monoisotopic (exact) mass is 764 g/mol. The molecule has 9 rings (SSSR count). The Morgan fingerprint density at radius 1 is 0.429 bits per heavy atom. The minimum atomic E-state index is 0.886. The molecular weight excluding hydrogens is 725 g/mol. The standard InChI is InChI=1S/C48H40N6S2/c1-53(2)37-15-19-39(20-16-37)55-41-9-5-7-31(27-41)47-43-23-11-33(49-43)29-35-13-25-45(51-35)48(46-26-14-36(52-46)30-34-12-24-44(47)50-34)32-8-6-10-42(28-32)56-40-21-17-38(18-22-40)54(3)4/h5-30,49,52H,1-4H3. The number of nitrogens with zero attached hydrogens (tertiary/aromatic N) is 4. The summed E-state index contributed by atoms with van der Waals surface area (Å²) in [5.41, 5.74) is 14.2. The van der Waals surface area contributed by atoms with E-state index in [1.807, 2.05) is 0 Å². The molecule has 5 heterocycles. The summed E-state index contributed by atoms with van der Waals surface area (Å²) in [5.74, 6) is 0. The van der Waals surface area contributed by atoms with E-state index in [9.17, 15) is 0 Å². The molecule has 2 N–H and O–H groups in total. The van der Waals surface area contributed by atoms with Crippen LogP contribution in [0.4, 0.5) is 11.4 Å². The van der Waals surface area contributed by atoms with Gasteiger partial charge in [-0.1, -0.05) is 47.8 Å². The van der Waals surface area contributed by atoms with E-state index in [1.165, 1.54) is 31.0 Å². The van der Waals surface area contributed by atoms with Crippen LogP contribution in [0.5, 0.6) is 0 Å². The van der Waals surface area contributed by atoms with Crippen molar-refractivity contribution in [3.63, 3.8) is 0 Å². The Balaban J connectivity index is 1.14. The van der Waals surface area contributed by atoms with Gasteiger partial charge < -0.3 is 19.8 Å². The van der Waals surface area contributed by atoms with Crippen LogP contribution in [0.2, 0.25) is 0 Å². The van der Waals surface area contributed by atoms with Gasteiger partial charge in [-0.3, -0.25) is 0 Å². The van der Waals surface area contributed by atoms with E-state index < -0.39 is 0 Å². The molecule has 6 nitrogen and oxygen atoms in total. The van der Waals surface area contributed by atoms with Crippen LogP contribution in [0.15, 0.2) is 153 Å². The number of hydrogen-bond donors (Lipinski definition) is 2. The Hall–Kier alpha value is -6.22. The number of hydrogen-bond acceptors (Lipinski definition) is 6. The molecule has 0 saturated carbocycles. The summed E-state index contributed by atoms with van der Waals surface area (Å²) in [6.07, 6.45) is 8.42. The van der Waals surface area contributed by atoms with Crippen molar-refractivity contribution in [3.8, 4) is 22.3 Å². The second-order valence-electron chi connectivity index (χ2n) is 14.2. The van der Waals surface area contributed by atoms with E-state index in [-0.39, 0.29) is 0 Å². The van der Waals surface area contributed by atoms with Crippen molar-refractivity contribution >= 4 is 81.3 Å². The Labute approximate surface area is 335 Å². The molecule has 274 valence electrons. The lowest BCUT2D eigenvalue weighted by molar-refractivity contribution is 1.13. The molecular formula is C48H40N6S2. The summed E-state index contributed by atoms with van der Waals surface area (Å²) in [4.78, 5) is 26.7. The predicted octanol–water partition coefficient (Wildman–Crippen LogP) is 12.4. The van der Waals surface area contributed by atoms with Gasteiger partial charge in [-0.15, -0.1) is 0 Å². The van der Waals surface area contributed by atoms with Crippen LogP contribution in [0.25, 0.3) is 68.6 Å². The van der Waals surface area contributed by atoms with Crippen molar-refractivity contribution in [2.45, 2.75) is 19.6 Å². The van der Waals surface area contributed by atoms with Gasteiger partial charge in [0.05, 0.1) is 22.8 Å². The number of fused-ring (bicyclic) bond motifs is 8. The summed E-state index contributed by atoms with van der Waals surface area (Å²) in [6, 6.07) is 47.6. The molecule has 8 heteroatoms. The van der Waals surface area contributed by atoms with Crippen molar-refractivity contribution in [1.29, 1.82) is 0 Å². The first kappa shape index (κ1) is 35.5. The summed E-state index contributed by atoms with van der Waals surface area (Å²) in [6.45, 7) is 0. The molecule has 0 unspecified atom stereocenters. The molecule has 0 radical (unpaired) electrons. The Morgan fingerprint density at radius 2 is 0.857 bits per heavy atom. The maximum absolute atomic E-state index is 5.18. The SMILES string of the molecule is CN(C)c1ccc(Sc2cccc(-c3c4nc(cc5ccc([nH]5)c(-c5cccc(Sc6ccc(N(C)C)cc6)c5)c5nc(cc6ccc3[nH]6)C=C5)C=C4)c2)cc1. The third-order valence-corrected chi connectivity index (χ3v) is 11.8. The number of aromatic nitrogens is 4. The maximum Gasteiger partial charge on any atom is 0.0736 e. The molecule has 0 spiro atoms. The molecule has 2 aliphatic rings. The smallest absolute Gasteiger partial charge is 0.0736 e. The Kier molecular flexibility index (Phi) is 9.59. The first-order chi connectivity index (χ1) is 27.3. The minimum absolute atomic E-state index is 0.886. The number of nitrogens with one attached hydrogen (secondary N) is 2. The fourth-order valence-electron chi connectivity index (χ4n) is 7.01. The number of H-pyrrole nitrogens is 2. The van der Waals surface area contributed by atoms with Gasteiger partial charge in [0.2, 0.25) is 0 Å². The second-order valence-corrected chi connectivity index (χ2v) is 16.5. The van der Waals surface area contributed by atoms with E-state index in [2.05, 4.69) is 206 Å². The minimum Gasteiger partial charge on any atom is -0.378 e. The van der Waals surface area contributed by atoms with E-state index in [0.717, 1.165) is 67.1 Å². The number of aromatic amines is 2. The normalized spacial score (nSPS) is 11.9. The molecule has 2 aliphatic heterocycles. The lowest BCUT2D eigenvalue weighted by Crippen LogP contribution is -2.07. The molecule has 3 aromatic heterocycles. The van der Waals surface area contributed by atoms with Crippen LogP contribution in [-0.2, 0) is 0 Å². The lowest BCUT2D eigenvalue weighted by Gasteiger charge is -2.12. The third kappa shape index (κ3) is 7.54. The Morgan fingerprint density at radius 3 is 1.27 bits per heavy atom. The van der Waals surface area contributed by atoms with E-state index >= 15 is 0 Å². The van der Waals surface area contributed by atoms with E-state index in [0.29, 0.717) is 0 Å². The topological polar surface area (TPSA) is 63.8 Å². The summed E-state index contributed by atoms with van der Waals surface area (Å²) < 4.78 is 0. The molecule has 0 amide bonds. The van der Waals surface area contributed by atoms with Crippen LogP contribution >= 0.6 is 23.5 Å². The molecule has 7 aromatic rings. The van der Waals surface area contributed by atoms with Gasteiger partial charge in [-0.25, -0.2) is 9.97 Å². The van der Waals surface area contributed by atoms with Gasteiger partial charge in [0.1, 0.15) is 0 Å². The van der Waals surface area contributed by atoms with Crippen molar-refractivity contribution in [2.75, 3.05) is 38.0 Å². The van der Waals surface area contributed by atoms with Crippen LogP contribution in [0.1, 0.15) is 22.8 Å². The molecule has 4 aromatic carbocycles. The van der Waals surface area contributed by atoms with Gasteiger partial charge in [0, 0.05) is 92.3 Å². The third-order valence-electron chi connectivity index (χ3n) is 9.82. The van der Waals surface area contributed by atoms with E-state index in [1.54, 1.807) is 23.5 Å². The predicted molar refractivity (Wildman–Crippen MR) is 240 cm³/mol. The molecule has 0 saturated heterocycles. The van der Waals surface area contributed by atoms with Crippen molar-refractivity contribution in [2.24, 2.45) is 0 Å². The highest BCUT2D eigenvalue weighted by Gasteiger charge is 2.15. The summed E-state index contributed by atoms with van der Waals surface area (Å²) in [7, 11) is 8.25. The van der Waals surface area contributed by atoms with Gasteiger partial charge in [-0.05, 0) is 145 Å². The zero-order valence-electron chi connectivity index (χ0n) is 31.6. The first-order valence-corrected chi connectivity index (χ1v) is 20.2. The van der Waals surface area contributed by atoms with Crippen molar-refractivity contribution in [1.82, 2.24) is 19.9 Å². The molecule has 56 heavy (non-hydrogen) atoms. The molecule has 0 fully saturated rings. The van der Waals surface area contributed by atoms with Crippen molar-refractivity contribution < 1.29 is 0 Å². The molecule has 0 atom stereocenters. The Bertz CT molecular complexity index is 2620. The maximum atomic E-state index is 5.18. The van der Waals surface area contributed by atoms with Gasteiger partial charge in [0.25, 0.3) is 0 Å². The van der Waals surface area contributed by atoms with Gasteiger partial charge >= 0.3 is 0 Å². The zero-order chi connectivity index (χ0) is 38.2. The number of rotatable bonds is 8. The highest BCUT2D eigenvalue weighted by atomic mass is 32.2. The summed E-state index contributed by atoms with van der Waals surface area (Å²) in [5, 5.41) is 0. The average molecular weight is 765 g/mol. The largest absolute Gasteiger partial charge is 0.378 e. The van der Waals surface area contributed by atoms with Crippen LogP contribution < -0.4 is 9.80 Å². The van der Waals surface area contributed by atoms with Gasteiger partial charge in [-0.2, -0.15) is 0 Å². The molecule has 0 aliphatic carbocycles. The fraction of sp³-hybridized carbons (Fsp3) is 0.0833. The summed E-state index contributed by atoms with van der Waals surface area (Å²) >= 11 is 3.52. The van der Waals surface area contributed by atoms with Crippen LogP contribution in [0, 0.1) is 0 Å². The number of benzene rings is 4. The average Bonchev–Trinajstić information content (AvgIpc) is 4.03. The van der Waals surface area contributed by atoms with E-state index in [4.69, 9.17) is 9.97 Å².